The molecule has 1 aliphatic rings. The highest BCUT2D eigenvalue weighted by Crippen LogP contribution is 2.37. The molecular formula is C29H18F5N7O3. The Morgan fingerprint density at radius 1 is 0.977 bits per heavy atom. The summed E-state index contributed by atoms with van der Waals surface area (Å²) >= 11 is 0. The van der Waals surface area contributed by atoms with Gasteiger partial charge in [0.25, 0.3) is 5.89 Å². The summed E-state index contributed by atoms with van der Waals surface area (Å²) in [5, 5.41) is 4.82. The summed E-state index contributed by atoms with van der Waals surface area (Å²) in [6.07, 6.45) is 1.70. The highest BCUT2D eigenvalue weighted by atomic mass is 19.2. The molecule has 3 aromatic heterocycles. The molecule has 0 unspecified atom stereocenters. The molecule has 3 aromatic carbocycles. The Morgan fingerprint density at radius 2 is 1.75 bits per heavy atom. The van der Waals surface area contributed by atoms with Crippen LogP contribution in [-0.4, -0.2) is 48.6 Å². The van der Waals surface area contributed by atoms with Gasteiger partial charge in [0.2, 0.25) is 17.4 Å². The van der Waals surface area contributed by atoms with Crippen molar-refractivity contribution in [2.24, 2.45) is 0 Å². The Morgan fingerprint density at radius 3 is 2.50 bits per heavy atom. The van der Waals surface area contributed by atoms with Crippen LogP contribution in [0.5, 0.6) is 11.5 Å². The van der Waals surface area contributed by atoms with Gasteiger partial charge in [-0.1, -0.05) is 12.1 Å². The van der Waals surface area contributed by atoms with E-state index in [9.17, 15) is 22.4 Å². The van der Waals surface area contributed by atoms with Crippen molar-refractivity contribution in [3.8, 4) is 22.8 Å². The molecule has 7 rings (SSSR count). The number of fused-ring (bicyclic) bond motifs is 2. The summed E-state index contributed by atoms with van der Waals surface area (Å²) in [4.78, 5) is 27.3. The summed E-state index contributed by atoms with van der Waals surface area (Å²) in [7, 11) is 0. The molecule has 1 saturated heterocycles. The number of nitrogens with two attached hydrogens (primary N) is 1. The largest absolute Gasteiger partial charge is 0.451 e. The molecular weight excluding hydrogens is 589 g/mol. The third kappa shape index (κ3) is 4.44. The molecule has 1 amide bonds. The van der Waals surface area contributed by atoms with Gasteiger partial charge in [0.15, 0.2) is 22.9 Å². The molecule has 44 heavy (non-hydrogen) atoms. The van der Waals surface area contributed by atoms with Crippen LogP contribution in [0, 0.1) is 29.1 Å². The minimum Gasteiger partial charge on any atom is -0.451 e. The summed E-state index contributed by atoms with van der Waals surface area (Å²) < 4.78 is 83.0. The summed E-state index contributed by atoms with van der Waals surface area (Å²) in [6.45, 7) is 0.571. The number of carbonyl (C=O) groups is 1. The van der Waals surface area contributed by atoms with E-state index in [0.717, 1.165) is 12.1 Å². The van der Waals surface area contributed by atoms with Crippen molar-refractivity contribution >= 4 is 33.9 Å². The lowest BCUT2D eigenvalue weighted by Gasteiger charge is -2.15. The number of hydrogen-bond acceptors (Lipinski definition) is 8. The topological polar surface area (TPSA) is 125 Å². The van der Waals surface area contributed by atoms with Gasteiger partial charge in [-0.3, -0.25) is 4.79 Å². The highest BCUT2D eigenvalue weighted by molar-refractivity contribution is 5.98. The molecule has 15 heteroatoms. The van der Waals surface area contributed by atoms with Gasteiger partial charge in [0.05, 0.1) is 11.4 Å². The van der Waals surface area contributed by atoms with E-state index in [1.54, 1.807) is 29.2 Å². The van der Waals surface area contributed by atoms with Crippen LogP contribution in [0.15, 0.2) is 59.3 Å². The van der Waals surface area contributed by atoms with Crippen molar-refractivity contribution in [1.82, 2.24) is 29.6 Å². The number of anilines is 1. The standard InChI is InChI=1S/C29H18F5N7O3/c30-16-9-14(43-25-22(33)17(31)10-18(32)23(25)34)5-6-15(16)24-21-26(35)36-12-37-27(21)41(39-24)13-7-8-40(11-13)29(42)28-38-19-3-1-2-4-20(19)44-28/h1-6,9-10,12-13H,7-8,11H2,(H2,35,36,37)/t13-/m1/s1. The zero-order valence-corrected chi connectivity index (χ0v) is 22.3. The first-order valence-corrected chi connectivity index (χ1v) is 13.1. The van der Waals surface area contributed by atoms with Gasteiger partial charge in [0.1, 0.15) is 34.9 Å². The number of rotatable bonds is 5. The number of aromatic nitrogens is 5. The van der Waals surface area contributed by atoms with Crippen molar-refractivity contribution < 1.29 is 35.9 Å². The summed E-state index contributed by atoms with van der Waals surface area (Å²) in [5.74, 6) is -10.1. The Bertz CT molecular complexity index is 2060. The third-order valence-electron chi connectivity index (χ3n) is 7.28. The average molecular weight is 607 g/mol. The molecule has 1 aliphatic heterocycles. The molecule has 0 spiro atoms. The maximum absolute atomic E-state index is 15.5. The molecule has 6 aromatic rings. The molecule has 1 fully saturated rings. The molecule has 0 saturated carbocycles. The minimum atomic E-state index is -1.77. The first-order valence-electron chi connectivity index (χ1n) is 13.1. The number of benzene rings is 3. The van der Waals surface area contributed by atoms with Crippen LogP contribution >= 0.6 is 0 Å². The number of oxazole rings is 1. The minimum absolute atomic E-state index is 0.00718. The molecule has 0 aliphatic carbocycles. The second kappa shape index (κ2) is 10.3. The number of ether oxygens (including phenoxy) is 1. The van der Waals surface area contributed by atoms with E-state index >= 15 is 4.39 Å². The Balaban J connectivity index is 1.20. The zero-order chi connectivity index (χ0) is 30.7. The van der Waals surface area contributed by atoms with E-state index < -0.39 is 46.5 Å². The fourth-order valence-corrected chi connectivity index (χ4v) is 5.17. The fourth-order valence-electron chi connectivity index (χ4n) is 5.17. The van der Waals surface area contributed by atoms with Crippen LogP contribution in [0.25, 0.3) is 33.4 Å². The maximum atomic E-state index is 15.5. The number of nitrogens with zero attached hydrogens (tertiary/aromatic N) is 6. The molecule has 0 bridgehead atoms. The lowest BCUT2D eigenvalue weighted by Crippen LogP contribution is -2.29. The quantitative estimate of drug-likeness (QED) is 0.193. The fraction of sp³-hybridized carbons (Fsp3) is 0.138. The van der Waals surface area contributed by atoms with Gasteiger partial charge < -0.3 is 19.8 Å². The van der Waals surface area contributed by atoms with Crippen LogP contribution in [0.4, 0.5) is 27.8 Å². The number of halogens is 5. The van der Waals surface area contributed by atoms with Crippen molar-refractivity contribution in [2.45, 2.75) is 12.5 Å². The first-order chi connectivity index (χ1) is 21.2. The van der Waals surface area contributed by atoms with Crippen LogP contribution in [0.1, 0.15) is 23.1 Å². The average Bonchev–Trinajstić information content (AvgIpc) is 3.76. The molecule has 1 atom stereocenters. The van der Waals surface area contributed by atoms with Crippen molar-refractivity contribution in [3.05, 3.63) is 89.8 Å². The highest BCUT2D eigenvalue weighted by Gasteiger charge is 2.33. The lowest BCUT2D eigenvalue weighted by atomic mass is 10.1. The van der Waals surface area contributed by atoms with Gasteiger partial charge in [-0.15, -0.1) is 0 Å². The third-order valence-corrected chi connectivity index (χ3v) is 7.28. The van der Waals surface area contributed by atoms with Crippen molar-refractivity contribution in [1.29, 1.82) is 0 Å². The SMILES string of the molecule is Nc1ncnc2c1c(-c1ccc(Oc3c(F)c(F)cc(F)c3F)cc1F)nn2[C@@H]1CCN(C(=O)c2nc3ccccc3o2)C1. The van der Waals surface area contributed by atoms with Gasteiger partial charge in [-0.25, -0.2) is 32.8 Å². The second-order valence-corrected chi connectivity index (χ2v) is 9.97. The van der Waals surface area contributed by atoms with Gasteiger partial charge in [-0.2, -0.15) is 13.9 Å². The van der Waals surface area contributed by atoms with Gasteiger partial charge >= 0.3 is 5.91 Å². The number of amides is 1. The molecule has 4 heterocycles. The predicted molar refractivity (Wildman–Crippen MR) is 145 cm³/mol. The molecule has 10 nitrogen and oxygen atoms in total. The summed E-state index contributed by atoms with van der Waals surface area (Å²) in [6, 6.07) is 9.77. The maximum Gasteiger partial charge on any atom is 0.309 e. The number of hydrogen-bond donors (Lipinski definition) is 1. The number of nitrogen functional groups attached to an aromatic ring is 1. The van der Waals surface area contributed by atoms with Gasteiger partial charge in [0, 0.05) is 30.8 Å². The van der Waals surface area contributed by atoms with Crippen LogP contribution in [0.2, 0.25) is 0 Å². The smallest absolute Gasteiger partial charge is 0.309 e. The molecule has 222 valence electrons. The second-order valence-electron chi connectivity index (χ2n) is 9.97. The summed E-state index contributed by atoms with van der Waals surface area (Å²) in [5.41, 5.74) is 7.44. The Labute approximate surface area is 243 Å². The Hall–Kier alpha value is -5.60. The zero-order valence-electron chi connectivity index (χ0n) is 22.3. The normalized spacial score (nSPS) is 15.0. The number of para-hydroxylation sites is 2. The van der Waals surface area contributed by atoms with E-state index in [1.165, 1.54) is 17.1 Å². The molecule has 0 radical (unpaired) electrons. The predicted octanol–water partition coefficient (Wildman–Crippen LogP) is 5.79. The Kier molecular flexibility index (Phi) is 6.37. The van der Waals surface area contributed by atoms with E-state index in [2.05, 4.69) is 20.1 Å². The molecule has 2 N–H and O–H groups in total. The lowest BCUT2D eigenvalue weighted by molar-refractivity contribution is 0.0750. The van der Waals surface area contributed by atoms with Crippen molar-refractivity contribution in [3.63, 3.8) is 0 Å². The van der Waals surface area contributed by atoms with Gasteiger partial charge in [-0.05, 0) is 30.7 Å². The van der Waals surface area contributed by atoms with E-state index in [-0.39, 0.29) is 52.7 Å². The van der Waals surface area contributed by atoms with E-state index in [1.807, 2.05) is 0 Å². The van der Waals surface area contributed by atoms with Crippen LogP contribution < -0.4 is 10.5 Å². The van der Waals surface area contributed by atoms with Crippen molar-refractivity contribution in [2.75, 3.05) is 18.8 Å². The number of likely N-dealkylation sites (tertiary alicyclic amines) is 1. The van der Waals surface area contributed by atoms with Crippen LogP contribution in [0.3, 0.4) is 0 Å². The van der Waals surface area contributed by atoms with Crippen LogP contribution in [-0.2, 0) is 0 Å². The first kappa shape index (κ1) is 27.2. The van der Waals surface area contributed by atoms with E-state index in [0.29, 0.717) is 24.1 Å². The number of carbonyl (C=O) groups excluding carboxylic acids is 1. The monoisotopic (exact) mass is 607 g/mol. The van der Waals surface area contributed by atoms with E-state index in [4.69, 9.17) is 14.9 Å².